The second kappa shape index (κ2) is 5.67. The number of benzene rings is 1. The van der Waals surface area contributed by atoms with Crippen molar-refractivity contribution in [3.8, 4) is 0 Å². The summed E-state index contributed by atoms with van der Waals surface area (Å²) in [6.45, 7) is 0. The SMILES string of the molecule is Cn1cc(C(N)c2nc(Cc3ccc(Cl)cc3)no2)cn1. The predicted molar refractivity (Wildman–Crippen MR) is 77.8 cm³/mol. The molecule has 1 aromatic carbocycles. The average Bonchev–Trinajstić information content (AvgIpc) is 3.10. The zero-order valence-electron chi connectivity index (χ0n) is 11.4. The van der Waals surface area contributed by atoms with E-state index in [1.54, 1.807) is 10.9 Å². The number of hydrogen-bond acceptors (Lipinski definition) is 5. The molecule has 2 N–H and O–H groups in total. The van der Waals surface area contributed by atoms with Crippen molar-refractivity contribution in [1.82, 2.24) is 19.9 Å². The Bertz CT molecular complexity index is 734. The van der Waals surface area contributed by atoms with E-state index in [9.17, 15) is 0 Å². The second-order valence-corrected chi connectivity index (χ2v) is 5.21. The molecule has 1 atom stereocenters. The van der Waals surface area contributed by atoms with E-state index in [-0.39, 0.29) is 0 Å². The minimum atomic E-state index is -0.467. The zero-order valence-corrected chi connectivity index (χ0v) is 12.2. The summed E-state index contributed by atoms with van der Waals surface area (Å²) >= 11 is 5.86. The highest BCUT2D eigenvalue weighted by atomic mass is 35.5. The minimum Gasteiger partial charge on any atom is -0.337 e. The van der Waals surface area contributed by atoms with Gasteiger partial charge in [0.15, 0.2) is 5.82 Å². The van der Waals surface area contributed by atoms with Gasteiger partial charge in [-0.15, -0.1) is 0 Å². The molecule has 2 heterocycles. The topological polar surface area (TPSA) is 82.8 Å². The van der Waals surface area contributed by atoms with Crippen molar-refractivity contribution in [2.75, 3.05) is 0 Å². The Morgan fingerprint density at radius 2 is 2.10 bits per heavy atom. The van der Waals surface area contributed by atoms with Crippen LogP contribution in [0.15, 0.2) is 41.2 Å². The van der Waals surface area contributed by atoms with Crippen LogP contribution < -0.4 is 5.73 Å². The number of hydrogen-bond donors (Lipinski definition) is 1. The van der Waals surface area contributed by atoms with Crippen LogP contribution in [-0.2, 0) is 13.5 Å². The van der Waals surface area contributed by atoms with Gasteiger partial charge in [0, 0.05) is 30.3 Å². The van der Waals surface area contributed by atoms with Gasteiger partial charge in [0.2, 0.25) is 5.89 Å². The van der Waals surface area contributed by atoms with Crippen molar-refractivity contribution in [3.05, 3.63) is 64.5 Å². The first-order chi connectivity index (χ1) is 10.1. The molecule has 0 radical (unpaired) electrons. The fraction of sp³-hybridized carbons (Fsp3) is 0.214. The van der Waals surface area contributed by atoms with Crippen LogP contribution in [0.25, 0.3) is 0 Å². The van der Waals surface area contributed by atoms with E-state index in [2.05, 4.69) is 15.2 Å². The Morgan fingerprint density at radius 3 is 2.76 bits per heavy atom. The van der Waals surface area contributed by atoms with Gasteiger partial charge < -0.3 is 10.3 Å². The normalized spacial score (nSPS) is 12.5. The molecule has 6 nitrogen and oxygen atoms in total. The molecule has 3 aromatic rings. The number of nitrogens with zero attached hydrogens (tertiary/aromatic N) is 4. The van der Waals surface area contributed by atoms with Gasteiger partial charge in [0.1, 0.15) is 6.04 Å². The summed E-state index contributed by atoms with van der Waals surface area (Å²) in [4.78, 5) is 4.34. The third-order valence-electron chi connectivity index (χ3n) is 3.11. The molecule has 0 spiro atoms. The van der Waals surface area contributed by atoms with Crippen LogP contribution in [0.5, 0.6) is 0 Å². The number of aromatic nitrogens is 4. The van der Waals surface area contributed by atoms with E-state index in [0.717, 1.165) is 11.1 Å². The number of nitrogens with two attached hydrogens (primary N) is 1. The van der Waals surface area contributed by atoms with Crippen molar-refractivity contribution in [3.63, 3.8) is 0 Å². The van der Waals surface area contributed by atoms with Crippen molar-refractivity contribution >= 4 is 11.6 Å². The van der Waals surface area contributed by atoms with E-state index in [4.69, 9.17) is 21.9 Å². The van der Waals surface area contributed by atoms with Gasteiger partial charge in [-0.25, -0.2) is 0 Å². The Hall–Kier alpha value is -2.18. The predicted octanol–water partition coefficient (Wildman–Crippen LogP) is 2.10. The van der Waals surface area contributed by atoms with Crippen LogP contribution in [0.3, 0.4) is 0 Å². The summed E-state index contributed by atoms with van der Waals surface area (Å²) in [6, 6.07) is 7.06. The lowest BCUT2D eigenvalue weighted by molar-refractivity contribution is 0.363. The molecule has 0 bridgehead atoms. The Balaban J connectivity index is 1.75. The van der Waals surface area contributed by atoms with Crippen molar-refractivity contribution in [1.29, 1.82) is 0 Å². The first-order valence-corrected chi connectivity index (χ1v) is 6.80. The molecule has 0 amide bonds. The van der Waals surface area contributed by atoms with E-state index in [1.807, 2.05) is 37.5 Å². The summed E-state index contributed by atoms with van der Waals surface area (Å²) in [6.07, 6.45) is 4.09. The molecule has 0 aliphatic rings. The fourth-order valence-corrected chi connectivity index (χ4v) is 2.12. The molecule has 0 aliphatic heterocycles. The first-order valence-electron chi connectivity index (χ1n) is 6.43. The van der Waals surface area contributed by atoms with Crippen LogP contribution >= 0.6 is 11.6 Å². The van der Waals surface area contributed by atoms with Crippen LogP contribution in [0.4, 0.5) is 0 Å². The molecule has 0 saturated heterocycles. The summed E-state index contributed by atoms with van der Waals surface area (Å²) < 4.78 is 6.92. The molecule has 0 saturated carbocycles. The lowest BCUT2D eigenvalue weighted by atomic mass is 10.1. The Kier molecular flexibility index (Phi) is 3.72. The zero-order chi connectivity index (χ0) is 14.8. The van der Waals surface area contributed by atoms with E-state index in [1.165, 1.54) is 0 Å². The minimum absolute atomic E-state index is 0.381. The highest BCUT2D eigenvalue weighted by molar-refractivity contribution is 6.30. The van der Waals surface area contributed by atoms with Crippen molar-refractivity contribution in [2.24, 2.45) is 12.8 Å². The van der Waals surface area contributed by atoms with Crippen molar-refractivity contribution in [2.45, 2.75) is 12.5 Å². The molecular weight excluding hydrogens is 290 g/mol. The van der Waals surface area contributed by atoms with Gasteiger partial charge in [-0.2, -0.15) is 10.1 Å². The third kappa shape index (κ3) is 3.12. The van der Waals surface area contributed by atoms with E-state index >= 15 is 0 Å². The molecule has 108 valence electrons. The summed E-state index contributed by atoms with van der Waals surface area (Å²) in [5, 5.41) is 8.74. The summed E-state index contributed by atoms with van der Waals surface area (Å²) in [7, 11) is 1.83. The molecule has 0 fully saturated rings. The van der Waals surface area contributed by atoms with E-state index in [0.29, 0.717) is 23.2 Å². The van der Waals surface area contributed by atoms with E-state index < -0.39 is 6.04 Å². The van der Waals surface area contributed by atoms with Crippen LogP contribution in [0, 0.1) is 0 Å². The Labute approximate surface area is 126 Å². The van der Waals surface area contributed by atoms with Gasteiger partial charge in [0.05, 0.1) is 6.20 Å². The second-order valence-electron chi connectivity index (χ2n) is 4.78. The molecule has 2 aromatic heterocycles. The first kappa shape index (κ1) is 13.8. The highest BCUT2D eigenvalue weighted by Gasteiger charge is 2.18. The quantitative estimate of drug-likeness (QED) is 0.798. The van der Waals surface area contributed by atoms with Gasteiger partial charge in [-0.05, 0) is 17.7 Å². The fourth-order valence-electron chi connectivity index (χ4n) is 1.99. The smallest absolute Gasteiger partial charge is 0.248 e. The van der Waals surface area contributed by atoms with Crippen LogP contribution in [-0.4, -0.2) is 19.9 Å². The summed E-state index contributed by atoms with van der Waals surface area (Å²) in [5.41, 5.74) is 7.98. The average molecular weight is 304 g/mol. The van der Waals surface area contributed by atoms with Gasteiger partial charge >= 0.3 is 0 Å². The van der Waals surface area contributed by atoms with Crippen LogP contribution in [0.1, 0.15) is 28.9 Å². The molecule has 21 heavy (non-hydrogen) atoms. The maximum atomic E-state index is 6.09. The largest absolute Gasteiger partial charge is 0.337 e. The maximum Gasteiger partial charge on any atom is 0.248 e. The van der Waals surface area contributed by atoms with Crippen molar-refractivity contribution < 1.29 is 4.52 Å². The Morgan fingerprint density at radius 1 is 1.33 bits per heavy atom. The molecular formula is C14H14ClN5O. The molecule has 3 rings (SSSR count). The lowest BCUT2D eigenvalue weighted by Crippen LogP contribution is -2.11. The number of rotatable bonds is 4. The maximum absolute atomic E-state index is 6.09. The standard InChI is InChI=1S/C14H14ClN5O/c1-20-8-10(7-17-20)13(16)14-18-12(19-21-14)6-9-2-4-11(15)5-3-9/h2-5,7-8,13H,6,16H2,1H3. The third-order valence-corrected chi connectivity index (χ3v) is 3.36. The van der Waals surface area contributed by atoms with Crippen LogP contribution in [0.2, 0.25) is 5.02 Å². The highest BCUT2D eigenvalue weighted by Crippen LogP contribution is 2.18. The monoisotopic (exact) mass is 303 g/mol. The van der Waals surface area contributed by atoms with Gasteiger partial charge in [-0.3, -0.25) is 4.68 Å². The number of halogens is 1. The lowest BCUT2D eigenvalue weighted by Gasteiger charge is -2.01. The molecule has 7 heteroatoms. The van der Waals surface area contributed by atoms with Gasteiger partial charge in [0.25, 0.3) is 0 Å². The number of aryl methyl sites for hydroxylation is 1. The molecule has 1 unspecified atom stereocenters. The molecule has 0 aliphatic carbocycles. The summed E-state index contributed by atoms with van der Waals surface area (Å²) in [5.74, 6) is 0.971. The van der Waals surface area contributed by atoms with Gasteiger partial charge in [-0.1, -0.05) is 28.9 Å².